The maximum Gasteiger partial charge on any atom is 0.226 e. The molecule has 0 bridgehead atoms. The van der Waals surface area contributed by atoms with Crippen molar-refractivity contribution in [1.29, 1.82) is 0 Å². The third-order valence-electron chi connectivity index (χ3n) is 2.69. The van der Waals surface area contributed by atoms with Crippen molar-refractivity contribution < 1.29 is 4.79 Å². The highest BCUT2D eigenvalue weighted by atomic mass is 32.2. The second-order valence-electron chi connectivity index (χ2n) is 4.02. The summed E-state index contributed by atoms with van der Waals surface area (Å²) >= 11 is 1.73. The number of piperidine rings is 1. The highest BCUT2D eigenvalue weighted by molar-refractivity contribution is 7.98. The van der Waals surface area contributed by atoms with Crippen LogP contribution in [0.25, 0.3) is 0 Å². The molecule has 82 valence electrons. The quantitative estimate of drug-likeness (QED) is 0.763. The molecule has 1 atom stereocenters. The van der Waals surface area contributed by atoms with Crippen molar-refractivity contribution in [2.45, 2.75) is 25.8 Å². The van der Waals surface area contributed by atoms with E-state index in [2.05, 4.69) is 0 Å². The fourth-order valence-electron chi connectivity index (χ4n) is 1.75. The molecule has 3 nitrogen and oxygen atoms in total. The summed E-state index contributed by atoms with van der Waals surface area (Å²) in [6.45, 7) is 3.70. The molecule has 1 unspecified atom stereocenters. The van der Waals surface area contributed by atoms with Crippen LogP contribution in [0.4, 0.5) is 0 Å². The van der Waals surface area contributed by atoms with Gasteiger partial charge in [0, 0.05) is 30.8 Å². The van der Waals surface area contributed by atoms with Crippen LogP contribution < -0.4 is 5.73 Å². The Morgan fingerprint density at radius 2 is 2.14 bits per heavy atom. The van der Waals surface area contributed by atoms with Crippen LogP contribution in [0.5, 0.6) is 0 Å². The zero-order valence-electron chi connectivity index (χ0n) is 9.03. The smallest absolute Gasteiger partial charge is 0.226 e. The minimum atomic E-state index is 0.152. The van der Waals surface area contributed by atoms with Crippen LogP contribution in [0.15, 0.2) is 0 Å². The van der Waals surface area contributed by atoms with Crippen LogP contribution in [-0.2, 0) is 4.79 Å². The van der Waals surface area contributed by atoms with Crippen molar-refractivity contribution in [3.8, 4) is 0 Å². The molecule has 0 radical (unpaired) electrons. The normalized spacial score (nSPS) is 20.9. The van der Waals surface area contributed by atoms with Crippen molar-refractivity contribution in [1.82, 2.24) is 4.90 Å². The lowest BCUT2D eigenvalue weighted by molar-refractivity contribution is -0.135. The lowest BCUT2D eigenvalue weighted by Gasteiger charge is -2.32. The summed E-state index contributed by atoms with van der Waals surface area (Å²) in [5.74, 6) is 1.37. The molecule has 1 aliphatic heterocycles. The Balaban J connectivity index is 2.37. The SMILES string of the molecule is CSCC(C)C(=O)N1CCC(N)CC1. The number of rotatable bonds is 3. The summed E-state index contributed by atoms with van der Waals surface area (Å²) in [6.07, 6.45) is 3.95. The Morgan fingerprint density at radius 1 is 1.57 bits per heavy atom. The Kier molecular flexibility index (Phi) is 4.75. The molecule has 4 heteroatoms. The minimum Gasteiger partial charge on any atom is -0.342 e. The van der Waals surface area contributed by atoms with Gasteiger partial charge in [-0.2, -0.15) is 11.8 Å². The van der Waals surface area contributed by atoms with Gasteiger partial charge in [-0.25, -0.2) is 0 Å². The number of nitrogens with zero attached hydrogens (tertiary/aromatic N) is 1. The van der Waals surface area contributed by atoms with E-state index in [1.165, 1.54) is 0 Å². The average Bonchev–Trinajstić information content (AvgIpc) is 2.18. The first-order valence-electron chi connectivity index (χ1n) is 5.18. The van der Waals surface area contributed by atoms with E-state index in [9.17, 15) is 4.79 Å². The maximum atomic E-state index is 11.9. The van der Waals surface area contributed by atoms with E-state index in [-0.39, 0.29) is 5.92 Å². The third-order valence-corrected chi connectivity index (χ3v) is 3.52. The Bertz CT molecular complexity index is 191. The van der Waals surface area contributed by atoms with Gasteiger partial charge >= 0.3 is 0 Å². The second-order valence-corrected chi connectivity index (χ2v) is 4.93. The molecule has 1 rings (SSSR count). The van der Waals surface area contributed by atoms with Crippen LogP contribution in [0, 0.1) is 5.92 Å². The second kappa shape index (κ2) is 5.61. The van der Waals surface area contributed by atoms with Crippen molar-refractivity contribution in [2.75, 3.05) is 25.1 Å². The summed E-state index contributed by atoms with van der Waals surface area (Å²) in [5.41, 5.74) is 5.79. The van der Waals surface area contributed by atoms with Gasteiger partial charge in [-0.3, -0.25) is 4.79 Å². The van der Waals surface area contributed by atoms with Gasteiger partial charge in [-0.1, -0.05) is 6.92 Å². The third kappa shape index (κ3) is 3.17. The fourth-order valence-corrected chi connectivity index (χ4v) is 2.40. The summed E-state index contributed by atoms with van der Waals surface area (Å²) in [4.78, 5) is 13.8. The number of hydrogen-bond acceptors (Lipinski definition) is 3. The van der Waals surface area contributed by atoms with Crippen LogP contribution >= 0.6 is 11.8 Å². The number of hydrogen-bond donors (Lipinski definition) is 1. The van der Waals surface area contributed by atoms with Gasteiger partial charge in [0.15, 0.2) is 0 Å². The molecule has 1 fully saturated rings. The molecular weight excluding hydrogens is 196 g/mol. The first-order chi connectivity index (χ1) is 6.65. The molecule has 1 heterocycles. The molecule has 0 aromatic heterocycles. The highest BCUT2D eigenvalue weighted by Gasteiger charge is 2.23. The molecule has 0 aromatic rings. The fraction of sp³-hybridized carbons (Fsp3) is 0.900. The number of likely N-dealkylation sites (tertiary alicyclic amines) is 1. The largest absolute Gasteiger partial charge is 0.342 e. The van der Waals surface area contributed by atoms with Gasteiger partial charge in [0.05, 0.1) is 0 Å². The molecule has 1 amide bonds. The summed E-state index contributed by atoms with van der Waals surface area (Å²) in [7, 11) is 0. The van der Waals surface area contributed by atoms with E-state index < -0.39 is 0 Å². The lowest BCUT2D eigenvalue weighted by atomic mass is 10.0. The summed E-state index contributed by atoms with van der Waals surface area (Å²) in [5, 5.41) is 0. The van der Waals surface area contributed by atoms with E-state index in [4.69, 9.17) is 5.73 Å². The van der Waals surface area contributed by atoms with Gasteiger partial charge < -0.3 is 10.6 Å². The first kappa shape index (κ1) is 11.9. The molecule has 0 saturated carbocycles. The predicted octanol–water partition coefficient (Wildman–Crippen LogP) is 0.935. The number of carbonyl (C=O) groups excluding carboxylic acids is 1. The van der Waals surface area contributed by atoms with Crippen molar-refractivity contribution in [3.05, 3.63) is 0 Å². The number of nitrogens with two attached hydrogens (primary N) is 1. The van der Waals surface area contributed by atoms with Gasteiger partial charge in [-0.15, -0.1) is 0 Å². The Morgan fingerprint density at radius 3 is 2.64 bits per heavy atom. The number of carbonyl (C=O) groups is 1. The first-order valence-corrected chi connectivity index (χ1v) is 6.58. The zero-order chi connectivity index (χ0) is 10.6. The molecular formula is C10H20N2OS. The van der Waals surface area contributed by atoms with E-state index in [0.29, 0.717) is 11.9 Å². The van der Waals surface area contributed by atoms with E-state index in [1.807, 2.05) is 18.1 Å². The average molecular weight is 216 g/mol. The molecule has 1 aliphatic rings. The Hall–Kier alpha value is -0.220. The molecule has 14 heavy (non-hydrogen) atoms. The summed E-state index contributed by atoms with van der Waals surface area (Å²) in [6, 6.07) is 0.301. The van der Waals surface area contributed by atoms with E-state index in [1.54, 1.807) is 11.8 Å². The molecule has 0 spiro atoms. The van der Waals surface area contributed by atoms with E-state index >= 15 is 0 Å². The molecule has 0 aliphatic carbocycles. The lowest BCUT2D eigenvalue weighted by Crippen LogP contribution is -2.45. The van der Waals surface area contributed by atoms with Gasteiger partial charge in [0.1, 0.15) is 0 Å². The van der Waals surface area contributed by atoms with Crippen LogP contribution in [0.1, 0.15) is 19.8 Å². The summed E-state index contributed by atoms with van der Waals surface area (Å²) < 4.78 is 0. The molecule has 1 saturated heterocycles. The van der Waals surface area contributed by atoms with Gasteiger partial charge in [0.2, 0.25) is 5.91 Å². The minimum absolute atomic E-state index is 0.152. The highest BCUT2D eigenvalue weighted by Crippen LogP contribution is 2.14. The van der Waals surface area contributed by atoms with Gasteiger partial charge in [0.25, 0.3) is 0 Å². The predicted molar refractivity (Wildman–Crippen MR) is 61.3 cm³/mol. The van der Waals surface area contributed by atoms with Crippen LogP contribution in [0.3, 0.4) is 0 Å². The number of amides is 1. The molecule has 2 N–H and O–H groups in total. The standard InChI is InChI=1S/C10H20N2OS/c1-8(7-14-2)10(13)12-5-3-9(11)4-6-12/h8-9H,3-7,11H2,1-2H3. The Labute approximate surface area is 90.4 Å². The van der Waals surface area contributed by atoms with Crippen LogP contribution in [-0.4, -0.2) is 41.9 Å². The van der Waals surface area contributed by atoms with Crippen molar-refractivity contribution >= 4 is 17.7 Å². The topological polar surface area (TPSA) is 46.3 Å². The van der Waals surface area contributed by atoms with Gasteiger partial charge in [-0.05, 0) is 19.1 Å². The maximum absolute atomic E-state index is 11.9. The molecule has 0 aromatic carbocycles. The zero-order valence-corrected chi connectivity index (χ0v) is 9.85. The van der Waals surface area contributed by atoms with Crippen LogP contribution in [0.2, 0.25) is 0 Å². The van der Waals surface area contributed by atoms with Crippen molar-refractivity contribution in [2.24, 2.45) is 11.7 Å². The monoisotopic (exact) mass is 216 g/mol. The van der Waals surface area contributed by atoms with E-state index in [0.717, 1.165) is 31.7 Å². The van der Waals surface area contributed by atoms with Crippen molar-refractivity contribution in [3.63, 3.8) is 0 Å². The number of thioether (sulfide) groups is 1.